The first-order valence-electron chi connectivity index (χ1n) is 11.8. The predicted octanol–water partition coefficient (Wildman–Crippen LogP) is 5.53. The van der Waals surface area contributed by atoms with Crippen LogP contribution in [0, 0.1) is 11.3 Å². The molecule has 1 atom stereocenters. The summed E-state index contributed by atoms with van der Waals surface area (Å²) in [7, 11) is 0. The van der Waals surface area contributed by atoms with E-state index in [1.807, 2.05) is 54.6 Å². The summed E-state index contributed by atoms with van der Waals surface area (Å²) in [5.41, 5.74) is 10.3. The van der Waals surface area contributed by atoms with Crippen molar-refractivity contribution < 1.29 is 9.53 Å². The Hall–Kier alpha value is -3.61. The van der Waals surface area contributed by atoms with Crippen LogP contribution in [0.25, 0.3) is 0 Å². The number of hydrogen-bond donors (Lipinski definition) is 1. The van der Waals surface area contributed by atoms with E-state index >= 15 is 0 Å². The standard InChI is InChI=1S/C27H25N5O2S2/c1-2-35-27-31-30-26(36-27)32-21-12-7-13-22(33)24(21)23(20(15-28)25(32)29)18-10-6-11-19(14-18)34-16-17-8-4-3-5-9-17/h3-6,8-11,14,23H,2,7,12-13,16,29H2,1H3. The fourth-order valence-corrected chi connectivity index (χ4v) is 6.42. The Morgan fingerprint density at radius 3 is 2.81 bits per heavy atom. The van der Waals surface area contributed by atoms with Crippen LogP contribution in [0.15, 0.2) is 81.6 Å². The number of hydrogen-bond acceptors (Lipinski definition) is 9. The van der Waals surface area contributed by atoms with E-state index in [1.165, 1.54) is 11.3 Å². The highest BCUT2D eigenvalue weighted by atomic mass is 32.2. The fourth-order valence-electron chi connectivity index (χ4n) is 4.64. The molecule has 1 aliphatic heterocycles. The molecule has 2 N–H and O–H groups in total. The number of ketones is 1. The number of nitrogens with two attached hydrogens (primary N) is 1. The maximum absolute atomic E-state index is 13.3. The number of anilines is 1. The molecule has 0 saturated carbocycles. The number of aromatic nitrogens is 2. The number of carbonyl (C=O) groups is 1. The summed E-state index contributed by atoms with van der Waals surface area (Å²) in [5.74, 6) is 1.34. The first kappa shape index (κ1) is 24.1. The molecular formula is C27H25N5O2S2. The largest absolute Gasteiger partial charge is 0.489 e. The van der Waals surface area contributed by atoms with Gasteiger partial charge in [0.1, 0.15) is 18.2 Å². The minimum Gasteiger partial charge on any atom is -0.489 e. The third-order valence-corrected chi connectivity index (χ3v) is 8.13. The summed E-state index contributed by atoms with van der Waals surface area (Å²) < 4.78 is 6.87. The number of benzene rings is 2. The summed E-state index contributed by atoms with van der Waals surface area (Å²) in [5, 5.41) is 19.4. The van der Waals surface area contributed by atoms with E-state index in [2.05, 4.69) is 23.2 Å². The molecule has 36 heavy (non-hydrogen) atoms. The Morgan fingerprint density at radius 2 is 2.03 bits per heavy atom. The number of ether oxygens (including phenoxy) is 1. The normalized spacial score (nSPS) is 17.7. The number of carbonyl (C=O) groups excluding carboxylic acids is 1. The quantitative estimate of drug-likeness (QED) is 0.409. The molecule has 3 aromatic rings. The van der Waals surface area contributed by atoms with Gasteiger partial charge in [0.15, 0.2) is 10.1 Å². The number of nitrogens with zero attached hydrogens (tertiary/aromatic N) is 4. The second-order valence-electron chi connectivity index (χ2n) is 8.45. The number of rotatable bonds is 7. The molecular weight excluding hydrogens is 490 g/mol. The number of Topliss-reactive ketones (excluding diaryl/α,β-unsaturated/α-hetero) is 1. The smallest absolute Gasteiger partial charge is 0.219 e. The van der Waals surface area contributed by atoms with Gasteiger partial charge in [-0.05, 0) is 41.9 Å². The number of nitriles is 1. The highest BCUT2D eigenvalue weighted by Gasteiger charge is 2.41. The second-order valence-corrected chi connectivity index (χ2v) is 10.9. The van der Waals surface area contributed by atoms with Gasteiger partial charge in [-0.1, -0.05) is 72.5 Å². The van der Waals surface area contributed by atoms with Gasteiger partial charge in [0.25, 0.3) is 0 Å². The van der Waals surface area contributed by atoms with Crippen molar-refractivity contribution >= 4 is 34.0 Å². The van der Waals surface area contributed by atoms with Gasteiger partial charge in [-0.3, -0.25) is 9.69 Å². The van der Waals surface area contributed by atoms with E-state index in [0.717, 1.165) is 33.3 Å². The fraction of sp³-hybridized carbons (Fsp3) is 0.259. The van der Waals surface area contributed by atoms with E-state index < -0.39 is 5.92 Å². The number of allylic oxidation sites excluding steroid dienone is 3. The van der Waals surface area contributed by atoms with Crippen molar-refractivity contribution in [2.45, 2.75) is 43.1 Å². The van der Waals surface area contributed by atoms with E-state index in [0.29, 0.717) is 47.3 Å². The monoisotopic (exact) mass is 515 g/mol. The van der Waals surface area contributed by atoms with Crippen LogP contribution in [0.1, 0.15) is 43.2 Å². The van der Waals surface area contributed by atoms with Crippen LogP contribution in [-0.4, -0.2) is 21.7 Å². The molecule has 7 nitrogen and oxygen atoms in total. The summed E-state index contributed by atoms with van der Waals surface area (Å²) >= 11 is 3.02. The van der Waals surface area contributed by atoms with Gasteiger partial charge >= 0.3 is 0 Å². The Morgan fingerprint density at radius 1 is 1.19 bits per heavy atom. The minimum absolute atomic E-state index is 0.0368. The Bertz CT molecular complexity index is 1390. The van der Waals surface area contributed by atoms with Crippen LogP contribution in [0.3, 0.4) is 0 Å². The van der Waals surface area contributed by atoms with Crippen molar-refractivity contribution in [3.05, 3.63) is 88.4 Å². The van der Waals surface area contributed by atoms with Gasteiger partial charge in [-0.25, -0.2) is 0 Å². The molecule has 0 fully saturated rings. The first-order valence-corrected chi connectivity index (χ1v) is 13.6. The molecule has 1 aliphatic carbocycles. The lowest BCUT2D eigenvalue weighted by atomic mass is 9.76. The van der Waals surface area contributed by atoms with Crippen LogP contribution in [-0.2, 0) is 11.4 Å². The average molecular weight is 516 g/mol. The lowest BCUT2D eigenvalue weighted by Gasteiger charge is -2.38. The van der Waals surface area contributed by atoms with Crippen molar-refractivity contribution in [3.63, 3.8) is 0 Å². The topological polar surface area (TPSA) is 105 Å². The van der Waals surface area contributed by atoms with Crippen LogP contribution < -0.4 is 15.4 Å². The van der Waals surface area contributed by atoms with Crippen LogP contribution in [0.2, 0.25) is 0 Å². The molecule has 5 rings (SSSR count). The zero-order valence-corrected chi connectivity index (χ0v) is 21.4. The average Bonchev–Trinajstić information content (AvgIpc) is 3.36. The SMILES string of the molecule is CCSc1nnc(N2C(N)=C(C#N)C(c3cccc(OCc4ccccc4)c3)C3=C2CCCC3=O)s1. The van der Waals surface area contributed by atoms with Crippen molar-refractivity contribution in [3.8, 4) is 11.8 Å². The molecule has 0 spiro atoms. The summed E-state index contributed by atoms with van der Waals surface area (Å²) in [4.78, 5) is 15.1. The van der Waals surface area contributed by atoms with E-state index in [-0.39, 0.29) is 5.78 Å². The molecule has 2 aromatic carbocycles. The lowest BCUT2D eigenvalue weighted by molar-refractivity contribution is -0.116. The zero-order valence-electron chi connectivity index (χ0n) is 19.8. The molecule has 0 bridgehead atoms. The van der Waals surface area contributed by atoms with E-state index in [4.69, 9.17) is 10.5 Å². The summed E-state index contributed by atoms with van der Waals surface area (Å²) in [6.45, 7) is 2.48. The maximum atomic E-state index is 13.3. The van der Waals surface area contributed by atoms with Gasteiger partial charge in [0.05, 0.1) is 17.6 Å². The van der Waals surface area contributed by atoms with Crippen molar-refractivity contribution in [2.75, 3.05) is 10.7 Å². The molecule has 2 aliphatic rings. The summed E-state index contributed by atoms with van der Waals surface area (Å²) in [6, 6.07) is 19.8. The third-order valence-electron chi connectivity index (χ3n) is 6.21. The Labute approximate surface area is 218 Å². The highest BCUT2D eigenvalue weighted by Crippen LogP contribution is 2.47. The van der Waals surface area contributed by atoms with Gasteiger partial charge in [-0.2, -0.15) is 5.26 Å². The minimum atomic E-state index is -0.549. The highest BCUT2D eigenvalue weighted by molar-refractivity contribution is 8.01. The maximum Gasteiger partial charge on any atom is 0.219 e. The molecule has 1 unspecified atom stereocenters. The van der Waals surface area contributed by atoms with Crippen molar-refractivity contribution in [2.24, 2.45) is 5.73 Å². The second kappa shape index (κ2) is 10.6. The zero-order chi connectivity index (χ0) is 25.1. The Kier molecular flexibility index (Phi) is 7.07. The first-order chi connectivity index (χ1) is 17.6. The van der Waals surface area contributed by atoms with Crippen LogP contribution in [0.4, 0.5) is 5.13 Å². The number of thioether (sulfide) groups is 1. The molecule has 9 heteroatoms. The molecule has 2 heterocycles. The van der Waals surface area contributed by atoms with Crippen molar-refractivity contribution in [1.29, 1.82) is 5.26 Å². The molecule has 0 radical (unpaired) electrons. The van der Waals surface area contributed by atoms with Gasteiger partial charge < -0.3 is 10.5 Å². The molecule has 0 amide bonds. The van der Waals surface area contributed by atoms with E-state index in [1.54, 1.807) is 16.7 Å². The molecule has 1 aromatic heterocycles. The van der Waals surface area contributed by atoms with E-state index in [9.17, 15) is 10.1 Å². The van der Waals surface area contributed by atoms with Gasteiger partial charge in [-0.15, -0.1) is 10.2 Å². The van der Waals surface area contributed by atoms with Gasteiger partial charge in [0, 0.05) is 17.7 Å². The molecule has 182 valence electrons. The Balaban J connectivity index is 1.55. The van der Waals surface area contributed by atoms with Crippen LogP contribution >= 0.6 is 23.1 Å². The molecule has 0 saturated heterocycles. The third kappa shape index (κ3) is 4.62. The summed E-state index contributed by atoms with van der Waals surface area (Å²) in [6.07, 6.45) is 1.85. The van der Waals surface area contributed by atoms with Crippen molar-refractivity contribution in [1.82, 2.24) is 10.2 Å². The predicted molar refractivity (Wildman–Crippen MR) is 141 cm³/mol. The van der Waals surface area contributed by atoms with Gasteiger partial charge in [0.2, 0.25) is 5.13 Å². The lowest BCUT2D eigenvalue weighted by Crippen LogP contribution is -2.38. The van der Waals surface area contributed by atoms with Crippen LogP contribution in [0.5, 0.6) is 5.75 Å².